The van der Waals surface area contributed by atoms with E-state index in [-0.39, 0.29) is 0 Å². The van der Waals surface area contributed by atoms with Gasteiger partial charge in [0.05, 0.1) is 6.54 Å². The van der Waals surface area contributed by atoms with Crippen LogP contribution in [0.5, 0.6) is 0 Å². The first kappa shape index (κ1) is 11.5. The van der Waals surface area contributed by atoms with Crippen molar-refractivity contribution in [1.29, 1.82) is 0 Å². The molecule has 0 amide bonds. The van der Waals surface area contributed by atoms with Crippen LogP contribution in [0.3, 0.4) is 0 Å². The summed E-state index contributed by atoms with van der Waals surface area (Å²) >= 11 is 4.94. The van der Waals surface area contributed by atoms with Gasteiger partial charge in [0.25, 0.3) is 0 Å². The number of aryl methyl sites for hydroxylation is 1. The average Bonchev–Trinajstić information content (AvgIpc) is 2.78. The van der Waals surface area contributed by atoms with Crippen molar-refractivity contribution >= 4 is 23.0 Å². The zero-order chi connectivity index (χ0) is 12.3. The van der Waals surface area contributed by atoms with Gasteiger partial charge in [-0.3, -0.25) is 0 Å². The van der Waals surface area contributed by atoms with E-state index in [1.54, 1.807) is 6.07 Å². The molecule has 3 N–H and O–H groups in total. The van der Waals surface area contributed by atoms with E-state index in [1.165, 1.54) is 6.26 Å². The predicted octanol–water partition coefficient (Wildman–Crippen LogP) is 1.62. The van der Waals surface area contributed by atoms with Crippen molar-refractivity contribution in [3.63, 3.8) is 0 Å². The Hall–Kier alpha value is -1.95. The van der Waals surface area contributed by atoms with Gasteiger partial charge in [0.1, 0.15) is 22.8 Å². The number of aromatic nitrogens is 2. The largest absolute Gasteiger partial charge is 0.389 e. The lowest BCUT2D eigenvalue weighted by atomic mass is 10.2. The van der Waals surface area contributed by atoms with E-state index in [0.29, 0.717) is 11.5 Å². The fourth-order valence-electron chi connectivity index (χ4n) is 1.41. The third-order valence-electron chi connectivity index (χ3n) is 2.18. The minimum Gasteiger partial charge on any atom is -0.389 e. The Morgan fingerprint density at radius 3 is 3.00 bits per heavy atom. The van der Waals surface area contributed by atoms with Crippen molar-refractivity contribution in [2.75, 3.05) is 5.32 Å². The Bertz CT molecular complexity index is 524. The second-order valence-electron chi connectivity index (χ2n) is 3.59. The molecule has 17 heavy (non-hydrogen) atoms. The first-order chi connectivity index (χ1) is 8.15. The normalized spacial score (nSPS) is 10.2. The highest BCUT2D eigenvalue weighted by atomic mass is 32.1. The molecule has 0 aliphatic heterocycles. The molecule has 0 bridgehead atoms. The van der Waals surface area contributed by atoms with E-state index in [0.717, 1.165) is 22.8 Å². The number of rotatable bonds is 4. The quantitative estimate of drug-likeness (QED) is 0.801. The molecule has 0 saturated carbocycles. The maximum atomic E-state index is 5.59. The van der Waals surface area contributed by atoms with Gasteiger partial charge in [0, 0.05) is 17.3 Å². The maximum absolute atomic E-state index is 5.59. The molecule has 6 heteroatoms. The van der Waals surface area contributed by atoms with E-state index in [1.807, 2.05) is 19.1 Å². The van der Waals surface area contributed by atoms with Gasteiger partial charge in [-0.25, -0.2) is 4.98 Å². The number of hydrogen-bond donors (Lipinski definition) is 2. The zero-order valence-corrected chi connectivity index (χ0v) is 10.1. The van der Waals surface area contributed by atoms with Gasteiger partial charge >= 0.3 is 0 Å². The minimum absolute atomic E-state index is 0.361. The number of anilines is 1. The lowest BCUT2D eigenvalue weighted by Crippen LogP contribution is -2.11. The van der Waals surface area contributed by atoms with E-state index in [2.05, 4.69) is 15.5 Å². The summed E-state index contributed by atoms with van der Waals surface area (Å²) in [6, 6.07) is 5.45. The van der Waals surface area contributed by atoms with Gasteiger partial charge in [-0.2, -0.15) is 0 Å². The first-order valence-electron chi connectivity index (χ1n) is 5.07. The minimum atomic E-state index is 0.361. The van der Waals surface area contributed by atoms with Crippen molar-refractivity contribution in [2.24, 2.45) is 5.73 Å². The lowest BCUT2D eigenvalue weighted by Gasteiger charge is -2.07. The second kappa shape index (κ2) is 4.92. The number of nitrogens with zero attached hydrogens (tertiary/aromatic N) is 2. The smallest absolute Gasteiger partial charge is 0.127 e. The Kier molecular flexibility index (Phi) is 3.34. The average molecular weight is 248 g/mol. The molecule has 0 aromatic carbocycles. The van der Waals surface area contributed by atoms with E-state index in [9.17, 15) is 0 Å². The van der Waals surface area contributed by atoms with Crippen LogP contribution >= 0.6 is 12.2 Å². The van der Waals surface area contributed by atoms with Crippen molar-refractivity contribution < 1.29 is 4.52 Å². The van der Waals surface area contributed by atoms with Crippen LogP contribution in [0.4, 0.5) is 5.82 Å². The molecule has 2 rings (SSSR count). The molecule has 2 heterocycles. The number of thiocarbonyl (C=S) groups is 1. The standard InChI is InChI=1S/C11H12N4OS/c1-7-4-8(11(12)17)5-10(14-7)13-6-9-2-3-16-15-9/h2-5H,6H2,1H3,(H2,12,17)(H,13,14). The highest BCUT2D eigenvalue weighted by molar-refractivity contribution is 7.80. The summed E-state index contributed by atoms with van der Waals surface area (Å²) in [6.45, 7) is 2.44. The maximum Gasteiger partial charge on any atom is 0.127 e. The summed E-state index contributed by atoms with van der Waals surface area (Å²) < 4.78 is 4.74. The summed E-state index contributed by atoms with van der Waals surface area (Å²) in [5.74, 6) is 0.718. The third-order valence-corrected chi connectivity index (χ3v) is 2.42. The fraction of sp³-hybridized carbons (Fsp3) is 0.182. The number of nitrogens with two attached hydrogens (primary N) is 1. The molecule has 0 unspecified atom stereocenters. The van der Waals surface area contributed by atoms with Gasteiger partial charge in [0.2, 0.25) is 0 Å². The molecule has 0 spiro atoms. The summed E-state index contributed by atoms with van der Waals surface area (Å²) in [6.07, 6.45) is 1.53. The summed E-state index contributed by atoms with van der Waals surface area (Å²) in [7, 11) is 0. The highest BCUT2D eigenvalue weighted by Gasteiger charge is 2.03. The summed E-state index contributed by atoms with van der Waals surface area (Å²) in [5.41, 5.74) is 8.06. The van der Waals surface area contributed by atoms with Crippen LogP contribution in [0.15, 0.2) is 29.0 Å². The Balaban J connectivity index is 2.13. The molecule has 0 saturated heterocycles. The van der Waals surface area contributed by atoms with Crippen molar-refractivity contribution in [3.05, 3.63) is 41.4 Å². The molecule has 88 valence electrons. The molecular formula is C11H12N4OS. The lowest BCUT2D eigenvalue weighted by molar-refractivity contribution is 0.412. The van der Waals surface area contributed by atoms with Crippen molar-refractivity contribution in [2.45, 2.75) is 13.5 Å². The van der Waals surface area contributed by atoms with Crippen molar-refractivity contribution in [1.82, 2.24) is 10.1 Å². The van der Waals surface area contributed by atoms with Crippen LogP contribution < -0.4 is 11.1 Å². The molecule has 0 aliphatic rings. The number of nitrogens with one attached hydrogen (secondary N) is 1. The molecule has 0 fully saturated rings. The molecule has 0 aliphatic carbocycles. The molecule has 2 aromatic heterocycles. The van der Waals surface area contributed by atoms with E-state index in [4.69, 9.17) is 22.5 Å². The van der Waals surface area contributed by atoms with Gasteiger partial charge in [-0.15, -0.1) is 0 Å². The van der Waals surface area contributed by atoms with Crippen LogP contribution in [-0.4, -0.2) is 15.1 Å². The second-order valence-corrected chi connectivity index (χ2v) is 4.03. The number of hydrogen-bond acceptors (Lipinski definition) is 5. The molecule has 5 nitrogen and oxygen atoms in total. The Labute approximate surface area is 104 Å². The van der Waals surface area contributed by atoms with Crippen LogP contribution in [0.25, 0.3) is 0 Å². The molecule has 2 aromatic rings. The Morgan fingerprint density at radius 2 is 2.35 bits per heavy atom. The zero-order valence-electron chi connectivity index (χ0n) is 9.30. The van der Waals surface area contributed by atoms with Crippen molar-refractivity contribution in [3.8, 4) is 0 Å². The van der Waals surface area contributed by atoms with Crippen LogP contribution in [0.1, 0.15) is 17.0 Å². The Morgan fingerprint density at radius 1 is 1.53 bits per heavy atom. The fourth-order valence-corrected chi connectivity index (χ4v) is 1.53. The molecule has 0 radical (unpaired) electrons. The predicted molar refractivity (Wildman–Crippen MR) is 68.7 cm³/mol. The third kappa shape index (κ3) is 3.01. The van der Waals surface area contributed by atoms with Crippen LogP contribution in [-0.2, 0) is 6.54 Å². The van der Waals surface area contributed by atoms with Crippen LogP contribution in [0.2, 0.25) is 0 Å². The van der Waals surface area contributed by atoms with Crippen LogP contribution in [0, 0.1) is 6.92 Å². The monoisotopic (exact) mass is 248 g/mol. The van der Waals surface area contributed by atoms with E-state index < -0.39 is 0 Å². The van der Waals surface area contributed by atoms with Gasteiger partial charge in [-0.1, -0.05) is 17.4 Å². The molecular weight excluding hydrogens is 236 g/mol. The summed E-state index contributed by atoms with van der Waals surface area (Å²) in [4.78, 5) is 4.69. The number of pyridine rings is 1. The molecule has 0 atom stereocenters. The first-order valence-corrected chi connectivity index (χ1v) is 5.47. The van der Waals surface area contributed by atoms with Gasteiger partial charge in [0.15, 0.2) is 0 Å². The SMILES string of the molecule is Cc1cc(C(N)=S)cc(NCc2ccon2)n1. The summed E-state index contributed by atoms with van der Waals surface area (Å²) in [5, 5.41) is 6.93. The van der Waals surface area contributed by atoms with Gasteiger partial charge in [-0.05, 0) is 19.1 Å². The highest BCUT2D eigenvalue weighted by Crippen LogP contribution is 2.11. The topological polar surface area (TPSA) is 77.0 Å². The van der Waals surface area contributed by atoms with Gasteiger partial charge < -0.3 is 15.6 Å². The van der Waals surface area contributed by atoms with E-state index >= 15 is 0 Å².